The largest absolute Gasteiger partial charge is 0.301 e. The van der Waals surface area contributed by atoms with Gasteiger partial charge in [0.05, 0.1) is 0 Å². The summed E-state index contributed by atoms with van der Waals surface area (Å²) in [4.78, 5) is 30.2. The van der Waals surface area contributed by atoms with E-state index >= 15 is 0 Å². The van der Waals surface area contributed by atoms with Crippen LogP contribution in [-0.4, -0.2) is 18.4 Å². The van der Waals surface area contributed by atoms with Crippen molar-refractivity contribution in [3.63, 3.8) is 0 Å². The third kappa shape index (κ3) is 3.54. The maximum Gasteiger partial charge on any atom is 0.255 e. The van der Waals surface area contributed by atoms with Gasteiger partial charge in [-0.1, -0.05) is 54.1 Å². The smallest absolute Gasteiger partial charge is 0.255 e. The lowest BCUT2D eigenvalue weighted by Gasteiger charge is -2.40. The van der Waals surface area contributed by atoms with E-state index in [1.807, 2.05) is 93.6 Å². The van der Waals surface area contributed by atoms with Gasteiger partial charge in [-0.25, -0.2) is 0 Å². The summed E-state index contributed by atoms with van der Waals surface area (Å²) in [5.41, 5.74) is 5.66. The first-order valence-electron chi connectivity index (χ1n) is 9.78. The van der Waals surface area contributed by atoms with Crippen molar-refractivity contribution in [1.29, 1.82) is 0 Å². The zero-order valence-electron chi connectivity index (χ0n) is 16.9. The van der Waals surface area contributed by atoms with Crippen LogP contribution in [0.3, 0.4) is 0 Å². The summed E-state index contributed by atoms with van der Waals surface area (Å²) in [6, 6.07) is 22.4. The molecule has 1 fully saturated rings. The van der Waals surface area contributed by atoms with Crippen molar-refractivity contribution in [3.05, 3.63) is 95.1 Å². The Kier molecular flexibility index (Phi) is 4.93. The van der Waals surface area contributed by atoms with Crippen LogP contribution in [0.5, 0.6) is 0 Å². The van der Waals surface area contributed by atoms with Gasteiger partial charge in [-0.2, -0.15) is 0 Å². The third-order valence-corrected chi connectivity index (χ3v) is 5.55. The number of rotatable bonds is 3. The van der Waals surface area contributed by atoms with E-state index in [4.69, 9.17) is 0 Å². The van der Waals surface area contributed by atoms with E-state index in [1.165, 1.54) is 0 Å². The highest BCUT2D eigenvalue weighted by Gasteiger charge is 2.41. The molecule has 0 aromatic heterocycles. The number of hydrogen-bond acceptors (Lipinski definition) is 2. The molecule has 1 atom stereocenters. The normalized spacial score (nSPS) is 17.0. The number of benzene rings is 3. The van der Waals surface area contributed by atoms with Crippen LogP contribution in [0.4, 0.5) is 11.4 Å². The molecule has 0 radical (unpaired) electrons. The minimum absolute atomic E-state index is 0.0259. The second-order valence-corrected chi connectivity index (χ2v) is 7.61. The van der Waals surface area contributed by atoms with Crippen LogP contribution in [0.1, 0.15) is 28.3 Å². The molecule has 3 aromatic carbocycles. The second kappa shape index (κ2) is 7.55. The fourth-order valence-corrected chi connectivity index (χ4v) is 3.73. The Morgan fingerprint density at radius 3 is 2.07 bits per heavy atom. The Labute approximate surface area is 171 Å². The van der Waals surface area contributed by atoms with E-state index in [0.29, 0.717) is 0 Å². The lowest BCUT2D eigenvalue weighted by Crippen LogP contribution is -2.56. The molecule has 1 heterocycles. The Morgan fingerprint density at radius 2 is 1.41 bits per heavy atom. The highest BCUT2D eigenvalue weighted by molar-refractivity contribution is 6.14. The zero-order valence-corrected chi connectivity index (χ0v) is 16.9. The first-order valence-corrected chi connectivity index (χ1v) is 9.78. The van der Waals surface area contributed by atoms with Crippen molar-refractivity contribution in [3.8, 4) is 0 Å². The molecule has 4 heteroatoms. The summed E-state index contributed by atoms with van der Waals surface area (Å²) in [7, 11) is 0. The predicted octanol–water partition coefficient (Wildman–Crippen LogP) is 4.73. The fourth-order valence-electron chi connectivity index (χ4n) is 3.73. The van der Waals surface area contributed by atoms with Gasteiger partial charge in [0.15, 0.2) is 0 Å². The molecule has 1 aliphatic heterocycles. The number of carbonyl (C=O) groups excluding carboxylic acids is 2. The van der Waals surface area contributed by atoms with E-state index in [1.54, 1.807) is 9.80 Å². The minimum atomic E-state index is -0.694. The molecule has 0 bridgehead atoms. The molecule has 29 heavy (non-hydrogen) atoms. The molecule has 0 saturated carbocycles. The summed E-state index contributed by atoms with van der Waals surface area (Å²) in [5, 5.41) is 0. The molecule has 0 N–H and O–H groups in total. The van der Waals surface area contributed by atoms with E-state index in [-0.39, 0.29) is 18.4 Å². The molecule has 1 unspecified atom stereocenters. The summed E-state index contributed by atoms with van der Waals surface area (Å²) in [6.45, 7) is 6.08. The van der Waals surface area contributed by atoms with Crippen LogP contribution in [0.25, 0.3) is 0 Å². The number of carbonyl (C=O) groups is 2. The third-order valence-electron chi connectivity index (χ3n) is 5.55. The number of piperazine rings is 1. The number of nitrogens with zero attached hydrogens (tertiary/aromatic N) is 2. The van der Waals surface area contributed by atoms with Gasteiger partial charge >= 0.3 is 0 Å². The zero-order chi connectivity index (χ0) is 20.5. The quantitative estimate of drug-likeness (QED) is 0.655. The van der Waals surface area contributed by atoms with Crippen LogP contribution in [0, 0.1) is 20.8 Å². The molecule has 0 aliphatic carbocycles. The van der Waals surface area contributed by atoms with Crippen LogP contribution in [0.2, 0.25) is 0 Å². The molecule has 4 nitrogen and oxygen atoms in total. The van der Waals surface area contributed by atoms with Crippen LogP contribution in [0.15, 0.2) is 72.8 Å². The summed E-state index contributed by atoms with van der Waals surface area (Å²) in [5.74, 6) is -0.194. The van der Waals surface area contributed by atoms with Crippen molar-refractivity contribution in [2.45, 2.75) is 26.8 Å². The second-order valence-electron chi connectivity index (χ2n) is 7.61. The van der Waals surface area contributed by atoms with Crippen molar-refractivity contribution in [2.24, 2.45) is 0 Å². The van der Waals surface area contributed by atoms with Gasteiger partial charge in [-0.3, -0.25) is 14.5 Å². The number of anilines is 2. The van der Waals surface area contributed by atoms with Gasteiger partial charge < -0.3 is 4.90 Å². The van der Waals surface area contributed by atoms with Crippen molar-refractivity contribution < 1.29 is 9.59 Å². The average Bonchev–Trinajstić information content (AvgIpc) is 2.72. The lowest BCUT2D eigenvalue weighted by atomic mass is 9.98. The molecule has 146 valence electrons. The highest BCUT2D eigenvalue weighted by Crippen LogP contribution is 2.35. The maximum atomic E-state index is 13.6. The van der Waals surface area contributed by atoms with E-state index < -0.39 is 6.04 Å². The summed E-state index contributed by atoms with van der Waals surface area (Å²) < 4.78 is 0. The highest BCUT2D eigenvalue weighted by atomic mass is 16.2. The van der Waals surface area contributed by atoms with E-state index in [0.717, 1.165) is 33.6 Å². The van der Waals surface area contributed by atoms with Gasteiger partial charge in [0.2, 0.25) is 5.91 Å². The average molecular weight is 384 g/mol. The Morgan fingerprint density at radius 1 is 0.759 bits per heavy atom. The first-order chi connectivity index (χ1) is 14.0. The van der Waals surface area contributed by atoms with Crippen LogP contribution < -0.4 is 9.80 Å². The summed E-state index contributed by atoms with van der Waals surface area (Å²) >= 11 is 0. The minimum Gasteiger partial charge on any atom is -0.301 e. The standard InChI is InChI=1S/C25H24N2O2/c1-17-9-12-21(13-10-17)26-16-23(28)27(22-14-11-18(2)19(3)15-22)24(25(26)29)20-7-5-4-6-8-20/h4-15,24H,16H2,1-3H3. The van der Waals surface area contributed by atoms with Gasteiger partial charge in [-0.05, 0) is 61.7 Å². The monoisotopic (exact) mass is 384 g/mol. The Balaban J connectivity index is 1.81. The van der Waals surface area contributed by atoms with Crippen molar-refractivity contribution >= 4 is 23.2 Å². The van der Waals surface area contributed by atoms with Crippen molar-refractivity contribution in [2.75, 3.05) is 16.3 Å². The molecular weight excluding hydrogens is 360 g/mol. The molecular formula is C25H24N2O2. The topological polar surface area (TPSA) is 40.6 Å². The SMILES string of the molecule is Cc1ccc(N2CC(=O)N(c3ccc(C)c(C)c3)C(c3ccccc3)C2=O)cc1. The molecule has 0 spiro atoms. The predicted molar refractivity (Wildman–Crippen MR) is 116 cm³/mol. The molecule has 1 saturated heterocycles. The van der Waals surface area contributed by atoms with Crippen molar-refractivity contribution in [1.82, 2.24) is 0 Å². The van der Waals surface area contributed by atoms with Crippen LogP contribution >= 0.6 is 0 Å². The van der Waals surface area contributed by atoms with E-state index in [9.17, 15) is 9.59 Å². The Hall–Kier alpha value is -3.40. The van der Waals surface area contributed by atoms with Gasteiger partial charge in [-0.15, -0.1) is 0 Å². The fraction of sp³-hybridized carbons (Fsp3) is 0.200. The van der Waals surface area contributed by atoms with Gasteiger partial charge in [0.1, 0.15) is 12.6 Å². The molecule has 3 aromatic rings. The van der Waals surface area contributed by atoms with Gasteiger partial charge in [0.25, 0.3) is 5.91 Å². The van der Waals surface area contributed by atoms with Gasteiger partial charge in [0, 0.05) is 11.4 Å². The molecule has 4 rings (SSSR count). The Bertz CT molecular complexity index is 1060. The van der Waals surface area contributed by atoms with Crippen LogP contribution in [-0.2, 0) is 9.59 Å². The molecule has 2 amide bonds. The lowest BCUT2D eigenvalue weighted by molar-refractivity contribution is -0.128. The number of hydrogen-bond donors (Lipinski definition) is 0. The maximum absolute atomic E-state index is 13.6. The number of amides is 2. The van der Waals surface area contributed by atoms with E-state index in [2.05, 4.69) is 0 Å². The summed E-state index contributed by atoms with van der Waals surface area (Å²) in [6.07, 6.45) is 0. The molecule has 1 aliphatic rings. The number of aryl methyl sites for hydroxylation is 3. The first kappa shape index (κ1) is 18.9.